The molecule has 0 unspecified atom stereocenters. The smallest absolute Gasteiger partial charge is 0.118 e. The van der Waals surface area contributed by atoms with E-state index in [0.29, 0.717) is 0 Å². The molecular weight excluding hydrogens is 268 g/mol. The van der Waals surface area contributed by atoms with Crippen molar-refractivity contribution >= 4 is 6.08 Å². The average Bonchev–Trinajstić information content (AvgIpc) is 2.53. The van der Waals surface area contributed by atoms with Crippen LogP contribution in [-0.4, -0.2) is 7.11 Å². The summed E-state index contributed by atoms with van der Waals surface area (Å²) in [5.41, 5.74) is 4.06. The Labute approximate surface area is 134 Å². The van der Waals surface area contributed by atoms with Crippen molar-refractivity contribution in [2.75, 3.05) is 7.11 Å². The Morgan fingerprint density at radius 3 is 2.14 bits per heavy atom. The van der Waals surface area contributed by atoms with Gasteiger partial charge in [-0.3, -0.25) is 0 Å². The summed E-state index contributed by atoms with van der Waals surface area (Å²) in [7, 11) is 1.69. The molecule has 0 saturated heterocycles. The lowest BCUT2D eigenvalue weighted by Crippen LogP contribution is -1.94. The van der Waals surface area contributed by atoms with Crippen LogP contribution < -0.4 is 4.74 Å². The second-order valence-electron chi connectivity index (χ2n) is 6.13. The van der Waals surface area contributed by atoms with E-state index in [4.69, 9.17) is 4.74 Å². The number of benzene rings is 2. The van der Waals surface area contributed by atoms with Crippen molar-refractivity contribution in [1.82, 2.24) is 0 Å². The van der Waals surface area contributed by atoms with Crippen LogP contribution in [0.4, 0.5) is 0 Å². The molecule has 1 nitrogen and oxygen atoms in total. The first kappa shape index (κ1) is 16.4. The van der Waals surface area contributed by atoms with Gasteiger partial charge in [0, 0.05) is 0 Å². The Bertz CT molecular complexity index is 576. The molecule has 0 aliphatic heterocycles. The maximum atomic E-state index is 5.16. The Balaban J connectivity index is 1.81. The molecule has 2 aromatic carbocycles. The van der Waals surface area contributed by atoms with Crippen LogP contribution in [0, 0.1) is 5.92 Å². The van der Waals surface area contributed by atoms with Crippen LogP contribution in [0.25, 0.3) is 6.08 Å². The standard InChI is InChI=1S/C21H26O/c1-17(2)16-20-10-8-18(9-11-20)6-4-5-7-19-12-14-21(22-3)15-13-19/h5,7-15,17H,4,6,16H2,1-3H3/b7-5+. The zero-order chi connectivity index (χ0) is 15.8. The monoisotopic (exact) mass is 294 g/mol. The average molecular weight is 294 g/mol. The van der Waals surface area contributed by atoms with Gasteiger partial charge in [0.1, 0.15) is 5.75 Å². The molecule has 2 aromatic rings. The van der Waals surface area contributed by atoms with Gasteiger partial charge in [-0.1, -0.05) is 62.4 Å². The van der Waals surface area contributed by atoms with Gasteiger partial charge in [-0.25, -0.2) is 0 Å². The van der Waals surface area contributed by atoms with Gasteiger partial charge >= 0.3 is 0 Å². The van der Waals surface area contributed by atoms with Crippen LogP contribution in [0.15, 0.2) is 54.6 Å². The lowest BCUT2D eigenvalue weighted by molar-refractivity contribution is 0.415. The van der Waals surface area contributed by atoms with Gasteiger partial charge in [0.05, 0.1) is 7.11 Å². The molecule has 0 N–H and O–H groups in total. The highest BCUT2D eigenvalue weighted by Gasteiger charge is 1.98. The van der Waals surface area contributed by atoms with E-state index in [1.807, 2.05) is 12.1 Å². The molecule has 0 heterocycles. The van der Waals surface area contributed by atoms with Crippen molar-refractivity contribution in [2.24, 2.45) is 5.92 Å². The summed E-state index contributed by atoms with van der Waals surface area (Å²) in [4.78, 5) is 0. The fourth-order valence-electron chi connectivity index (χ4n) is 2.50. The van der Waals surface area contributed by atoms with Gasteiger partial charge in [0.25, 0.3) is 0 Å². The van der Waals surface area contributed by atoms with Crippen molar-refractivity contribution in [3.05, 3.63) is 71.3 Å². The van der Waals surface area contributed by atoms with E-state index in [2.05, 4.69) is 62.4 Å². The van der Waals surface area contributed by atoms with Crippen LogP contribution in [0.3, 0.4) is 0 Å². The summed E-state index contributed by atoms with van der Waals surface area (Å²) < 4.78 is 5.16. The molecule has 0 aliphatic rings. The molecule has 0 radical (unpaired) electrons. The number of hydrogen-bond donors (Lipinski definition) is 0. The predicted octanol–water partition coefficient (Wildman–Crippen LogP) is 5.54. The molecule has 0 bridgehead atoms. The summed E-state index contributed by atoms with van der Waals surface area (Å²) in [5, 5.41) is 0. The highest BCUT2D eigenvalue weighted by Crippen LogP contribution is 2.14. The molecule has 0 aliphatic carbocycles. The first-order valence-corrected chi connectivity index (χ1v) is 8.06. The molecule has 1 heteroatoms. The highest BCUT2D eigenvalue weighted by atomic mass is 16.5. The minimum atomic E-state index is 0.721. The Morgan fingerprint density at radius 2 is 1.55 bits per heavy atom. The molecule has 2 rings (SSSR count). The number of methoxy groups -OCH3 is 1. The van der Waals surface area contributed by atoms with Gasteiger partial charge in [-0.05, 0) is 54.0 Å². The fraction of sp³-hybridized carbons (Fsp3) is 0.333. The lowest BCUT2D eigenvalue weighted by atomic mass is 10.0. The predicted molar refractivity (Wildman–Crippen MR) is 95.3 cm³/mol. The van der Waals surface area contributed by atoms with E-state index in [1.54, 1.807) is 7.11 Å². The molecule has 0 aromatic heterocycles. The Hall–Kier alpha value is -2.02. The van der Waals surface area contributed by atoms with Crippen molar-refractivity contribution < 1.29 is 4.74 Å². The van der Waals surface area contributed by atoms with Gasteiger partial charge in [-0.2, -0.15) is 0 Å². The molecule has 0 spiro atoms. The van der Waals surface area contributed by atoms with E-state index >= 15 is 0 Å². The van der Waals surface area contributed by atoms with Gasteiger partial charge in [0.15, 0.2) is 0 Å². The van der Waals surface area contributed by atoms with Crippen molar-refractivity contribution in [3.63, 3.8) is 0 Å². The molecule has 116 valence electrons. The molecule has 22 heavy (non-hydrogen) atoms. The lowest BCUT2D eigenvalue weighted by Gasteiger charge is -2.06. The summed E-state index contributed by atoms with van der Waals surface area (Å²) in [5.74, 6) is 1.62. The summed E-state index contributed by atoms with van der Waals surface area (Å²) in [6.07, 6.45) is 7.73. The molecule has 0 saturated carbocycles. The third-order valence-electron chi connectivity index (χ3n) is 3.69. The summed E-state index contributed by atoms with van der Waals surface area (Å²) in [6.45, 7) is 4.52. The van der Waals surface area contributed by atoms with Crippen LogP contribution >= 0.6 is 0 Å². The van der Waals surface area contributed by atoms with Crippen LogP contribution in [0.1, 0.15) is 37.0 Å². The second-order valence-corrected chi connectivity index (χ2v) is 6.13. The normalized spacial score (nSPS) is 11.3. The van der Waals surface area contributed by atoms with E-state index in [-0.39, 0.29) is 0 Å². The van der Waals surface area contributed by atoms with E-state index < -0.39 is 0 Å². The fourth-order valence-corrected chi connectivity index (χ4v) is 2.50. The van der Waals surface area contributed by atoms with Crippen LogP contribution in [0.2, 0.25) is 0 Å². The number of hydrogen-bond acceptors (Lipinski definition) is 1. The minimum Gasteiger partial charge on any atom is -0.497 e. The van der Waals surface area contributed by atoms with Gasteiger partial charge < -0.3 is 4.74 Å². The molecular formula is C21H26O. The number of ether oxygens (including phenoxy) is 1. The zero-order valence-electron chi connectivity index (χ0n) is 13.9. The summed E-state index contributed by atoms with van der Waals surface area (Å²) >= 11 is 0. The first-order chi connectivity index (χ1) is 10.7. The SMILES string of the molecule is COc1ccc(/C=C/CCc2ccc(CC(C)C)cc2)cc1. The zero-order valence-corrected chi connectivity index (χ0v) is 13.9. The van der Waals surface area contributed by atoms with Gasteiger partial charge in [-0.15, -0.1) is 0 Å². The van der Waals surface area contributed by atoms with Crippen molar-refractivity contribution in [1.29, 1.82) is 0 Å². The second kappa shape index (κ2) is 8.43. The molecule has 0 amide bonds. The largest absolute Gasteiger partial charge is 0.497 e. The number of aryl methyl sites for hydroxylation is 1. The van der Waals surface area contributed by atoms with E-state index in [9.17, 15) is 0 Å². The topological polar surface area (TPSA) is 9.23 Å². The summed E-state index contributed by atoms with van der Waals surface area (Å²) in [6, 6.07) is 17.2. The third-order valence-corrected chi connectivity index (χ3v) is 3.69. The number of allylic oxidation sites excluding steroid dienone is 1. The van der Waals surface area contributed by atoms with E-state index in [1.165, 1.54) is 16.7 Å². The minimum absolute atomic E-state index is 0.721. The Morgan fingerprint density at radius 1 is 0.909 bits per heavy atom. The maximum absolute atomic E-state index is 5.16. The Kier molecular flexibility index (Phi) is 6.27. The maximum Gasteiger partial charge on any atom is 0.118 e. The molecule has 0 fully saturated rings. The van der Waals surface area contributed by atoms with E-state index in [0.717, 1.165) is 30.9 Å². The quantitative estimate of drug-likeness (QED) is 0.651. The van der Waals surface area contributed by atoms with Crippen molar-refractivity contribution in [2.45, 2.75) is 33.1 Å². The van der Waals surface area contributed by atoms with Crippen molar-refractivity contribution in [3.8, 4) is 5.75 Å². The first-order valence-electron chi connectivity index (χ1n) is 8.06. The van der Waals surface area contributed by atoms with Gasteiger partial charge in [0.2, 0.25) is 0 Å². The van der Waals surface area contributed by atoms with Crippen LogP contribution in [0.5, 0.6) is 5.75 Å². The highest BCUT2D eigenvalue weighted by molar-refractivity contribution is 5.50. The third kappa shape index (κ3) is 5.40. The van der Waals surface area contributed by atoms with Crippen LogP contribution in [-0.2, 0) is 12.8 Å². The number of rotatable bonds is 7. The molecule has 0 atom stereocenters.